The third-order valence-electron chi connectivity index (χ3n) is 2.81. The van der Waals surface area contributed by atoms with Crippen LogP contribution in [0, 0.1) is 0 Å². The van der Waals surface area contributed by atoms with Crippen LogP contribution in [0.5, 0.6) is 0 Å². The molecular weight excluding hydrogens is 224 g/mol. The van der Waals surface area contributed by atoms with E-state index in [1.54, 1.807) is 6.07 Å². The second kappa shape index (κ2) is 6.01. The summed E-state index contributed by atoms with van der Waals surface area (Å²) in [6.07, 6.45) is 4.05. The molecule has 0 spiro atoms. The van der Waals surface area contributed by atoms with E-state index in [-0.39, 0.29) is 0 Å². The van der Waals surface area contributed by atoms with Crippen LogP contribution in [0.15, 0.2) is 12.1 Å². The van der Waals surface area contributed by atoms with Crippen molar-refractivity contribution >= 4 is 17.4 Å². The van der Waals surface area contributed by atoms with Crippen LogP contribution in [0.3, 0.4) is 0 Å². The monoisotopic (exact) mass is 240 g/mol. The van der Waals surface area contributed by atoms with Crippen molar-refractivity contribution in [2.45, 2.75) is 19.3 Å². The maximum atomic E-state index is 5.66. The Morgan fingerprint density at radius 1 is 1.19 bits per heavy atom. The first-order valence-corrected chi connectivity index (χ1v) is 6.18. The minimum atomic E-state index is 0.432. The summed E-state index contributed by atoms with van der Waals surface area (Å²) in [4.78, 5) is 2.49. The van der Waals surface area contributed by atoms with Crippen molar-refractivity contribution in [3.63, 3.8) is 0 Å². The normalized spacial score (nSPS) is 17.3. The number of piperidine rings is 1. The van der Waals surface area contributed by atoms with Gasteiger partial charge in [0.15, 0.2) is 5.15 Å². The van der Waals surface area contributed by atoms with E-state index in [0.29, 0.717) is 5.15 Å². The van der Waals surface area contributed by atoms with Crippen LogP contribution in [0.4, 0.5) is 5.82 Å². The lowest BCUT2D eigenvalue weighted by molar-refractivity contribution is 0.237. The molecule has 2 rings (SSSR count). The molecule has 1 aromatic rings. The summed E-state index contributed by atoms with van der Waals surface area (Å²) in [7, 11) is 0. The fourth-order valence-electron chi connectivity index (χ4n) is 1.94. The zero-order chi connectivity index (χ0) is 11.2. The van der Waals surface area contributed by atoms with Gasteiger partial charge < -0.3 is 10.2 Å². The molecule has 0 aromatic carbocycles. The zero-order valence-corrected chi connectivity index (χ0v) is 10.1. The quantitative estimate of drug-likeness (QED) is 0.875. The number of hydrogen-bond donors (Lipinski definition) is 1. The van der Waals surface area contributed by atoms with Crippen LogP contribution >= 0.6 is 11.6 Å². The van der Waals surface area contributed by atoms with Crippen molar-refractivity contribution in [2.24, 2.45) is 0 Å². The van der Waals surface area contributed by atoms with Gasteiger partial charge in [-0.3, -0.25) is 0 Å². The second-order valence-corrected chi connectivity index (χ2v) is 4.46. The number of nitrogens with zero attached hydrogens (tertiary/aromatic N) is 3. The molecule has 1 aromatic heterocycles. The molecule has 1 fully saturated rings. The molecule has 0 amide bonds. The molecule has 1 N–H and O–H groups in total. The van der Waals surface area contributed by atoms with Gasteiger partial charge in [0.1, 0.15) is 5.82 Å². The van der Waals surface area contributed by atoms with Gasteiger partial charge in [-0.2, -0.15) is 0 Å². The number of aromatic nitrogens is 2. The predicted octanol–water partition coefficient (Wildman–Crippen LogP) is 2.03. The van der Waals surface area contributed by atoms with E-state index in [1.165, 1.54) is 32.4 Å². The van der Waals surface area contributed by atoms with Crippen LogP contribution < -0.4 is 5.32 Å². The Kier molecular flexibility index (Phi) is 4.36. The Morgan fingerprint density at radius 3 is 2.69 bits per heavy atom. The van der Waals surface area contributed by atoms with E-state index >= 15 is 0 Å². The number of rotatable bonds is 4. The fraction of sp³-hybridized carbons (Fsp3) is 0.636. The number of nitrogens with one attached hydrogen (secondary N) is 1. The Morgan fingerprint density at radius 2 is 2.00 bits per heavy atom. The number of likely N-dealkylation sites (tertiary alicyclic amines) is 1. The first-order valence-electron chi connectivity index (χ1n) is 5.80. The highest BCUT2D eigenvalue weighted by Crippen LogP contribution is 2.08. The summed E-state index contributed by atoms with van der Waals surface area (Å²) in [5, 5.41) is 11.4. The minimum absolute atomic E-state index is 0.432. The summed E-state index contributed by atoms with van der Waals surface area (Å²) in [6.45, 7) is 4.45. The smallest absolute Gasteiger partial charge is 0.151 e. The number of anilines is 1. The molecule has 0 bridgehead atoms. The maximum absolute atomic E-state index is 5.66. The molecule has 5 heteroatoms. The van der Waals surface area contributed by atoms with Gasteiger partial charge in [0.25, 0.3) is 0 Å². The standard InChI is InChI=1S/C11H17ClN4/c12-10-4-5-11(15-14-10)13-6-9-16-7-2-1-3-8-16/h4-5H,1-3,6-9H2,(H,13,15). The van der Waals surface area contributed by atoms with Crippen LogP contribution in [-0.4, -0.2) is 41.3 Å². The van der Waals surface area contributed by atoms with Crippen LogP contribution in [0.1, 0.15) is 19.3 Å². The second-order valence-electron chi connectivity index (χ2n) is 4.07. The van der Waals surface area contributed by atoms with Crippen LogP contribution in [0.25, 0.3) is 0 Å². The van der Waals surface area contributed by atoms with Gasteiger partial charge in [-0.1, -0.05) is 18.0 Å². The van der Waals surface area contributed by atoms with Crippen LogP contribution in [0.2, 0.25) is 5.15 Å². The average Bonchev–Trinajstić information content (AvgIpc) is 2.33. The first kappa shape index (κ1) is 11.6. The average molecular weight is 241 g/mol. The highest BCUT2D eigenvalue weighted by molar-refractivity contribution is 6.29. The molecule has 0 atom stereocenters. The Balaban J connectivity index is 1.69. The third-order valence-corrected chi connectivity index (χ3v) is 3.02. The van der Waals surface area contributed by atoms with Gasteiger partial charge >= 0.3 is 0 Å². The van der Waals surface area contributed by atoms with Crippen molar-refractivity contribution in [1.82, 2.24) is 15.1 Å². The number of hydrogen-bond acceptors (Lipinski definition) is 4. The third kappa shape index (κ3) is 3.61. The molecule has 0 aliphatic carbocycles. The summed E-state index contributed by atoms with van der Waals surface area (Å²) in [5.41, 5.74) is 0. The highest BCUT2D eigenvalue weighted by atomic mass is 35.5. The molecule has 0 saturated carbocycles. The molecule has 2 heterocycles. The largest absolute Gasteiger partial charge is 0.367 e. The molecule has 4 nitrogen and oxygen atoms in total. The molecule has 88 valence electrons. The minimum Gasteiger partial charge on any atom is -0.367 e. The van der Waals surface area contributed by atoms with Crippen molar-refractivity contribution < 1.29 is 0 Å². The maximum Gasteiger partial charge on any atom is 0.151 e. The Labute approximate surface area is 101 Å². The molecule has 0 unspecified atom stereocenters. The predicted molar refractivity (Wildman–Crippen MR) is 65.8 cm³/mol. The van der Waals surface area contributed by atoms with Gasteiger partial charge in [-0.05, 0) is 38.1 Å². The topological polar surface area (TPSA) is 41.0 Å². The first-order chi connectivity index (χ1) is 7.84. The van der Waals surface area contributed by atoms with E-state index < -0.39 is 0 Å². The SMILES string of the molecule is Clc1ccc(NCCN2CCCCC2)nn1. The molecule has 0 radical (unpaired) electrons. The molecular formula is C11H17ClN4. The molecule has 16 heavy (non-hydrogen) atoms. The van der Waals surface area contributed by atoms with Gasteiger partial charge in [0.2, 0.25) is 0 Å². The van der Waals surface area contributed by atoms with Crippen molar-refractivity contribution in [3.8, 4) is 0 Å². The van der Waals surface area contributed by atoms with E-state index in [0.717, 1.165) is 18.9 Å². The van der Waals surface area contributed by atoms with Crippen LogP contribution in [-0.2, 0) is 0 Å². The van der Waals surface area contributed by atoms with Crippen molar-refractivity contribution in [2.75, 3.05) is 31.5 Å². The fourth-order valence-corrected chi connectivity index (χ4v) is 2.04. The van der Waals surface area contributed by atoms with E-state index in [9.17, 15) is 0 Å². The zero-order valence-electron chi connectivity index (χ0n) is 9.32. The van der Waals surface area contributed by atoms with Gasteiger partial charge in [-0.25, -0.2) is 0 Å². The van der Waals surface area contributed by atoms with Gasteiger partial charge in [-0.15, -0.1) is 10.2 Å². The summed E-state index contributed by atoms with van der Waals surface area (Å²) < 4.78 is 0. The lowest BCUT2D eigenvalue weighted by atomic mass is 10.1. The number of halogens is 1. The summed E-state index contributed by atoms with van der Waals surface area (Å²) in [6, 6.07) is 3.60. The van der Waals surface area contributed by atoms with E-state index in [1.807, 2.05) is 6.07 Å². The highest BCUT2D eigenvalue weighted by Gasteiger charge is 2.08. The Bertz CT molecular complexity index is 308. The molecule has 1 aliphatic heterocycles. The van der Waals surface area contributed by atoms with Gasteiger partial charge in [0, 0.05) is 13.1 Å². The summed E-state index contributed by atoms with van der Waals surface area (Å²) >= 11 is 5.66. The van der Waals surface area contributed by atoms with Gasteiger partial charge in [0.05, 0.1) is 0 Å². The molecule has 1 aliphatic rings. The van der Waals surface area contributed by atoms with E-state index in [2.05, 4.69) is 20.4 Å². The summed E-state index contributed by atoms with van der Waals surface area (Å²) in [5.74, 6) is 0.793. The van der Waals surface area contributed by atoms with E-state index in [4.69, 9.17) is 11.6 Å². The lowest BCUT2D eigenvalue weighted by Crippen LogP contribution is -2.33. The molecule has 1 saturated heterocycles. The lowest BCUT2D eigenvalue weighted by Gasteiger charge is -2.26. The van der Waals surface area contributed by atoms with Crippen molar-refractivity contribution in [3.05, 3.63) is 17.3 Å². The van der Waals surface area contributed by atoms with Crippen molar-refractivity contribution in [1.29, 1.82) is 0 Å². The Hall–Kier alpha value is -0.870.